The van der Waals surface area contributed by atoms with E-state index >= 15 is 0 Å². The normalized spacial score (nSPS) is 10.2. The van der Waals surface area contributed by atoms with Crippen molar-refractivity contribution < 1.29 is 14.6 Å². The van der Waals surface area contributed by atoms with Gasteiger partial charge in [0.05, 0.1) is 10.6 Å². The molecular weight excluding hydrogens is 298 g/mol. The Morgan fingerprint density at radius 2 is 2.25 bits per heavy atom. The number of benzene rings is 1. The number of carboxylic acids is 1. The first-order chi connectivity index (χ1) is 9.36. The molecule has 4 nitrogen and oxygen atoms in total. The van der Waals surface area contributed by atoms with E-state index in [-0.39, 0.29) is 28.3 Å². The average molecular weight is 314 g/mol. The van der Waals surface area contributed by atoms with E-state index in [0.29, 0.717) is 5.69 Å². The monoisotopic (exact) mass is 313 g/mol. The van der Waals surface area contributed by atoms with E-state index in [1.54, 1.807) is 12.1 Å². The van der Waals surface area contributed by atoms with Crippen LogP contribution in [0, 0.1) is 0 Å². The maximum atomic E-state index is 11.2. The van der Waals surface area contributed by atoms with Crippen LogP contribution in [0.4, 0.5) is 5.69 Å². The van der Waals surface area contributed by atoms with Gasteiger partial charge < -0.3 is 15.2 Å². The highest BCUT2D eigenvalue weighted by atomic mass is 35.5. The Bertz CT molecular complexity index is 543. The summed E-state index contributed by atoms with van der Waals surface area (Å²) in [6.45, 7) is 7.67. The van der Waals surface area contributed by atoms with Crippen LogP contribution in [-0.4, -0.2) is 22.9 Å². The second kappa shape index (κ2) is 7.26. The molecule has 0 spiro atoms. The first-order valence-corrected chi connectivity index (χ1v) is 6.76. The predicted octanol–water partition coefficient (Wildman–Crippen LogP) is 4.06. The molecule has 6 heteroatoms. The summed E-state index contributed by atoms with van der Waals surface area (Å²) in [5.41, 5.74) is 1.30. The van der Waals surface area contributed by atoms with E-state index in [9.17, 15) is 9.90 Å². The SMILES string of the molecule is C=CCOC(=S)Nc1cc(C(=O)O)c(Cl)c(C(C)C)c1. The van der Waals surface area contributed by atoms with E-state index in [1.807, 2.05) is 13.8 Å². The summed E-state index contributed by atoms with van der Waals surface area (Å²) in [6.07, 6.45) is 1.57. The summed E-state index contributed by atoms with van der Waals surface area (Å²) in [4.78, 5) is 11.2. The molecule has 2 N–H and O–H groups in total. The summed E-state index contributed by atoms with van der Waals surface area (Å²) in [5.74, 6) is -0.997. The molecule has 0 saturated carbocycles. The fourth-order valence-electron chi connectivity index (χ4n) is 1.58. The molecule has 0 atom stereocenters. The number of carboxylic acid groups (broad SMARTS) is 1. The maximum absolute atomic E-state index is 11.2. The number of carbonyl (C=O) groups is 1. The smallest absolute Gasteiger partial charge is 0.337 e. The summed E-state index contributed by atoms with van der Waals surface area (Å²) in [7, 11) is 0. The van der Waals surface area contributed by atoms with Crippen LogP contribution in [0.1, 0.15) is 35.7 Å². The van der Waals surface area contributed by atoms with Crippen LogP contribution in [0.3, 0.4) is 0 Å². The molecule has 0 bridgehead atoms. The van der Waals surface area contributed by atoms with E-state index in [4.69, 9.17) is 28.6 Å². The lowest BCUT2D eigenvalue weighted by Crippen LogP contribution is -2.14. The molecule has 0 amide bonds. The first-order valence-electron chi connectivity index (χ1n) is 5.98. The van der Waals surface area contributed by atoms with Gasteiger partial charge in [0.2, 0.25) is 0 Å². The third kappa shape index (κ3) is 4.21. The van der Waals surface area contributed by atoms with E-state index in [2.05, 4.69) is 11.9 Å². The number of thiocarbonyl (C=S) groups is 1. The van der Waals surface area contributed by atoms with Gasteiger partial charge in [0.25, 0.3) is 5.17 Å². The van der Waals surface area contributed by atoms with E-state index in [0.717, 1.165) is 5.56 Å². The number of hydrogen-bond acceptors (Lipinski definition) is 3. The Balaban J connectivity index is 3.11. The molecule has 0 fully saturated rings. The molecule has 1 aromatic carbocycles. The summed E-state index contributed by atoms with van der Waals surface area (Å²) < 4.78 is 5.15. The van der Waals surface area contributed by atoms with Crippen molar-refractivity contribution in [1.29, 1.82) is 0 Å². The summed E-state index contributed by atoms with van der Waals surface area (Å²) in [5, 5.41) is 12.4. The average Bonchev–Trinajstić information content (AvgIpc) is 2.37. The maximum Gasteiger partial charge on any atom is 0.337 e. The van der Waals surface area contributed by atoms with Gasteiger partial charge in [0, 0.05) is 5.69 Å². The van der Waals surface area contributed by atoms with Crippen LogP contribution in [0.5, 0.6) is 0 Å². The predicted molar refractivity (Wildman–Crippen MR) is 84.9 cm³/mol. The van der Waals surface area contributed by atoms with E-state index < -0.39 is 5.97 Å². The highest BCUT2D eigenvalue weighted by Gasteiger charge is 2.17. The van der Waals surface area contributed by atoms with Gasteiger partial charge in [-0.25, -0.2) is 4.79 Å². The van der Waals surface area contributed by atoms with E-state index in [1.165, 1.54) is 6.07 Å². The van der Waals surface area contributed by atoms with Gasteiger partial charge in [0.15, 0.2) is 0 Å². The van der Waals surface area contributed by atoms with Crippen LogP contribution in [-0.2, 0) is 4.74 Å². The Labute approximate surface area is 128 Å². The zero-order chi connectivity index (χ0) is 15.3. The number of rotatable bonds is 5. The van der Waals surface area contributed by atoms with Crippen molar-refractivity contribution in [1.82, 2.24) is 0 Å². The van der Waals surface area contributed by atoms with Crippen LogP contribution < -0.4 is 5.32 Å². The molecule has 0 aliphatic heterocycles. The van der Waals surface area contributed by atoms with Gasteiger partial charge in [-0.05, 0) is 35.8 Å². The van der Waals surface area contributed by atoms with Crippen molar-refractivity contribution in [2.75, 3.05) is 11.9 Å². The standard InChI is InChI=1S/C14H16ClNO3S/c1-4-5-19-14(20)16-9-6-10(8(2)3)12(15)11(7-9)13(17)18/h4,6-8H,1,5H2,2-3H3,(H,16,20)(H,17,18). The second-order valence-electron chi connectivity index (χ2n) is 4.40. The van der Waals surface area contributed by atoms with Gasteiger partial charge in [-0.15, -0.1) is 0 Å². The fraction of sp³-hybridized carbons (Fsp3) is 0.286. The number of hydrogen-bond donors (Lipinski definition) is 2. The number of ether oxygens (including phenoxy) is 1. The van der Waals surface area contributed by atoms with Gasteiger partial charge in [-0.1, -0.05) is 38.1 Å². The lowest BCUT2D eigenvalue weighted by atomic mass is 9.99. The lowest BCUT2D eigenvalue weighted by molar-refractivity contribution is 0.0697. The Hall–Kier alpha value is -1.59. The topological polar surface area (TPSA) is 58.6 Å². The fourth-order valence-corrected chi connectivity index (χ4v) is 2.18. The Morgan fingerprint density at radius 3 is 2.75 bits per heavy atom. The molecule has 0 radical (unpaired) electrons. The minimum Gasteiger partial charge on any atom is -0.478 e. The highest BCUT2D eigenvalue weighted by Crippen LogP contribution is 2.31. The van der Waals surface area contributed by atoms with Crippen LogP contribution in [0.25, 0.3) is 0 Å². The minimum absolute atomic E-state index is 0.0342. The molecule has 0 aromatic heterocycles. The van der Waals surface area contributed by atoms with Crippen molar-refractivity contribution in [3.05, 3.63) is 40.9 Å². The third-order valence-corrected chi connectivity index (χ3v) is 3.17. The number of aromatic carboxylic acids is 1. The molecule has 0 unspecified atom stereocenters. The Kier molecular flexibility index (Phi) is 5.98. The zero-order valence-corrected chi connectivity index (χ0v) is 12.8. The van der Waals surface area contributed by atoms with Gasteiger partial charge in [-0.2, -0.15) is 0 Å². The lowest BCUT2D eigenvalue weighted by Gasteiger charge is -2.15. The van der Waals surface area contributed by atoms with Crippen molar-refractivity contribution in [3.8, 4) is 0 Å². The molecule has 108 valence electrons. The Morgan fingerprint density at radius 1 is 1.60 bits per heavy atom. The highest BCUT2D eigenvalue weighted by molar-refractivity contribution is 7.80. The van der Waals surface area contributed by atoms with Gasteiger partial charge in [0.1, 0.15) is 6.61 Å². The quantitative estimate of drug-likeness (QED) is 0.634. The number of nitrogens with one attached hydrogen (secondary N) is 1. The summed E-state index contributed by atoms with van der Waals surface area (Å²) in [6, 6.07) is 3.20. The van der Waals surface area contributed by atoms with Crippen molar-refractivity contribution in [2.45, 2.75) is 19.8 Å². The molecule has 0 saturated heterocycles. The van der Waals surface area contributed by atoms with Crippen molar-refractivity contribution in [3.63, 3.8) is 0 Å². The largest absolute Gasteiger partial charge is 0.478 e. The van der Waals surface area contributed by atoms with Gasteiger partial charge >= 0.3 is 5.97 Å². The van der Waals surface area contributed by atoms with Crippen LogP contribution in [0.15, 0.2) is 24.8 Å². The van der Waals surface area contributed by atoms with Crippen molar-refractivity contribution in [2.24, 2.45) is 0 Å². The van der Waals surface area contributed by atoms with Crippen LogP contribution >= 0.6 is 23.8 Å². The van der Waals surface area contributed by atoms with Crippen LogP contribution in [0.2, 0.25) is 5.02 Å². The summed E-state index contributed by atoms with van der Waals surface area (Å²) >= 11 is 11.1. The minimum atomic E-state index is -1.08. The molecular formula is C14H16ClNO3S. The molecule has 1 aromatic rings. The van der Waals surface area contributed by atoms with Gasteiger partial charge in [-0.3, -0.25) is 0 Å². The first kappa shape index (κ1) is 16.5. The zero-order valence-electron chi connectivity index (χ0n) is 11.3. The molecule has 0 aliphatic carbocycles. The molecule has 0 heterocycles. The number of halogens is 1. The number of anilines is 1. The molecule has 20 heavy (non-hydrogen) atoms. The second-order valence-corrected chi connectivity index (χ2v) is 5.15. The third-order valence-electron chi connectivity index (χ3n) is 2.53. The molecule has 0 aliphatic rings. The van der Waals surface area contributed by atoms with Crippen molar-refractivity contribution >= 4 is 40.7 Å². The molecule has 1 rings (SSSR count).